The smallest absolute Gasteiger partial charge is 0.238 e. The zero-order valence-electron chi connectivity index (χ0n) is 19.6. The van der Waals surface area contributed by atoms with Gasteiger partial charge in [-0.05, 0) is 61.2 Å². The van der Waals surface area contributed by atoms with Crippen LogP contribution in [0.15, 0.2) is 83.9 Å². The molecule has 0 fully saturated rings. The average molecular weight is 500 g/mol. The normalized spacial score (nSPS) is 11.2. The Labute approximate surface area is 208 Å². The van der Waals surface area contributed by atoms with Crippen molar-refractivity contribution in [1.29, 1.82) is 10.8 Å². The Balaban J connectivity index is 0.00000148. The first-order valence-corrected chi connectivity index (χ1v) is 12.5. The Morgan fingerprint density at radius 2 is 1.81 bits per heavy atom. The maximum Gasteiger partial charge on any atom is 0.238 e. The molecule has 0 aliphatic heterocycles. The molecule has 0 radical (unpaired) electrons. The van der Waals surface area contributed by atoms with Gasteiger partial charge in [-0.2, -0.15) is 5.10 Å². The van der Waals surface area contributed by atoms with E-state index >= 15 is 0 Å². The van der Waals surface area contributed by atoms with E-state index in [1.165, 1.54) is 12.3 Å². The monoisotopic (exact) mass is 499 g/mol. The van der Waals surface area contributed by atoms with E-state index in [1.807, 2.05) is 60.1 Å². The van der Waals surface area contributed by atoms with Crippen molar-refractivity contribution in [3.8, 4) is 16.8 Å². The fourth-order valence-corrected chi connectivity index (χ4v) is 4.92. The number of aryl methyl sites for hydroxylation is 1. The van der Waals surface area contributed by atoms with Gasteiger partial charge in [-0.1, -0.05) is 36.4 Å². The molecular weight excluding hydrogens is 474 g/mol. The lowest BCUT2D eigenvalue weighted by Crippen LogP contribution is -2.13. The fraction of sp³-hybridized carbons (Fsp3) is 0.0769. The zero-order chi connectivity index (χ0) is 25.9. The highest BCUT2D eigenvalue weighted by Gasteiger charge is 2.17. The molecule has 0 amide bonds. The van der Waals surface area contributed by atoms with Gasteiger partial charge in [0.05, 0.1) is 33.9 Å². The summed E-state index contributed by atoms with van der Waals surface area (Å²) in [7, 11) is -3.86. The number of hydrogen-bond acceptors (Lipinski definition) is 6. The summed E-state index contributed by atoms with van der Waals surface area (Å²) in [6.07, 6.45) is 3.06. The van der Waals surface area contributed by atoms with Gasteiger partial charge >= 0.3 is 0 Å². The molecular formula is C26H25N7O2S. The number of aromatic nitrogens is 4. The second-order valence-corrected chi connectivity index (χ2v) is 9.49. The molecule has 0 aliphatic rings. The van der Waals surface area contributed by atoms with Crippen LogP contribution in [0.2, 0.25) is 0 Å². The van der Waals surface area contributed by atoms with E-state index in [0.717, 1.165) is 39.4 Å². The van der Waals surface area contributed by atoms with Crippen LogP contribution < -0.4 is 5.14 Å². The highest BCUT2D eigenvalue weighted by molar-refractivity contribution is 7.89. The topological polar surface area (TPSA) is 144 Å². The van der Waals surface area contributed by atoms with Gasteiger partial charge in [0.15, 0.2) is 0 Å². The molecule has 0 bridgehead atoms. The van der Waals surface area contributed by atoms with E-state index in [-0.39, 0.29) is 4.90 Å². The van der Waals surface area contributed by atoms with Gasteiger partial charge in [0.2, 0.25) is 10.0 Å². The Bertz CT molecular complexity index is 1670. The number of benzene rings is 3. The van der Waals surface area contributed by atoms with E-state index in [2.05, 4.69) is 16.4 Å². The lowest BCUT2D eigenvalue weighted by molar-refractivity contribution is 0.598. The molecule has 4 N–H and O–H groups in total. The predicted molar refractivity (Wildman–Crippen MR) is 142 cm³/mol. The summed E-state index contributed by atoms with van der Waals surface area (Å²) in [5.41, 5.74) is 5.61. The van der Waals surface area contributed by atoms with Crippen LogP contribution in [0.5, 0.6) is 0 Å². The summed E-state index contributed by atoms with van der Waals surface area (Å²) >= 11 is 0. The SMILES string of the molecule is C=N.Cc1nc2cc(-c3ccccc3S(N)(=O)=O)ccc2n1Cc1ccnn1-c1cccc(C=N)c1. The van der Waals surface area contributed by atoms with Crippen LogP contribution in [0.3, 0.4) is 0 Å². The van der Waals surface area contributed by atoms with Crippen LogP contribution in [0.25, 0.3) is 27.8 Å². The summed E-state index contributed by atoms with van der Waals surface area (Å²) in [6, 6.07) is 22.0. The van der Waals surface area contributed by atoms with Gasteiger partial charge in [0.25, 0.3) is 0 Å². The average Bonchev–Trinajstić information content (AvgIpc) is 3.48. The van der Waals surface area contributed by atoms with E-state index < -0.39 is 10.0 Å². The molecule has 0 aliphatic carbocycles. The molecule has 2 heterocycles. The van der Waals surface area contributed by atoms with Crippen molar-refractivity contribution < 1.29 is 8.42 Å². The van der Waals surface area contributed by atoms with Crippen LogP contribution in [0.4, 0.5) is 0 Å². The third-order valence-electron chi connectivity index (χ3n) is 5.77. The number of nitrogens with two attached hydrogens (primary N) is 1. The van der Waals surface area contributed by atoms with E-state index in [1.54, 1.807) is 24.4 Å². The van der Waals surface area contributed by atoms with Crippen LogP contribution in [-0.2, 0) is 16.6 Å². The van der Waals surface area contributed by atoms with Gasteiger partial charge in [-0.25, -0.2) is 23.2 Å². The van der Waals surface area contributed by atoms with Crippen molar-refractivity contribution in [3.05, 3.63) is 96.1 Å². The van der Waals surface area contributed by atoms with Gasteiger partial charge < -0.3 is 15.4 Å². The molecule has 182 valence electrons. The Kier molecular flexibility index (Phi) is 6.91. The predicted octanol–water partition coefficient (Wildman–Crippen LogP) is 4.16. The summed E-state index contributed by atoms with van der Waals surface area (Å²) in [5.74, 6) is 0.827. The molecule has 5 rings (SSSR count). The Morgan fingerprint density at radius 3 is 2.56 bits per heavy atom. The molecule has 9 nitrogen and oxygen atoms in total. The minimum Gasteiger partial charge on any atom is -0.322 e. The number of hydrogen-bond donors (Lipinski definition) is 3. The standard InChI is InChI=1S/C25H22N6O2S.CH3N/c1-17-29-23-14-19(22-7-2-3-8-25(22)34(27,32)33)9-10-24(23)30(17)16-21-11-12-28-31(21)20-6-4-5-18(13-20)15-26;1-2/h2-15,26H,16H2,1H3,(H2,27,32,33);2H,1H2. The van der Waals surface area contributed by atoms with E-state index in [9.17, 15) is 8.42 Å². The molecule has 0 unspecified atom stereocenters. The first kappa shape index (κ1) is 24.7. The minimum atomic E-state index is -3.86. The van der Waals surface area contributed by atoms with Gasteiger partial charge in [-0.15, -0.1) is 0 Å². The number of nitrogens with one attached hydrogen (secondary N) is 2. The molecule has 10 heteroatoms. The van der Waals surface area contributed by atoms with Gasteiger partial charge in [0, 0.05) is 18.0 Å². The van der Waals surface area contributed by atoms with Crippen LogP contribution in [0.1, 0.15) is 17.1 Å². The van der Waals surface area contributed by atoms with Crippen molar-refractivity contribution in [1.82, 2.24) is 19.3 Å². The first-order chi connectivity index (χ1) is 17.3. The Morgan fingerprint density at radius 1 is 1.03 bits per heavy atom. The largest absolute Gasteiger partial charge is 0.322 e. The summed E-state index contributed by atoms with van der Waals surface area (Å²) in [5, 5.41) is 22.9. The molecule has 0 saturated carbocycles. The zero-order valence-corrected chi connectivity index (χ0v) is 20.4. The number of primary sulfonamides is 1. The second kappa shape index (κ2) is 10.1. The van der Waals surface area contributed by atoms with Crippen molar-refractivity contribution in [2.75, 3.05) is 0 Å². The molecule has 36 heavy (non-hydrogen) atoms. The van der Waals surface area contributed by atoms with Crippen molar-refractivity contribution in [2.24, 2.45) is 5.14 Å². The second-order valence-electron chi connectivity index (χ2n) is 7.96. The number of rotatable bonds is 6. The van der Waals surface area contributed by atoms with Crippen molar-refractivity contribution in [2.45, 2.75) is 18.4 Å². The van der Waals surface area contributed by atoms with Gasteiger partial charge in [-0.3, -0.25) is 0 Å². The van der Waals surface area contributed by atoms with Crippen LogP contribution in [-0.4, -0.2) is 40.7 Å². The maximum absolute atomic E-state index is 12.1. The van der Waals surface area contributed by atoms with E-state index in [0.29, 0.717) is 12.1 Å². The summed E-state index contributed by atoms with van der Waals surface area (Å²) in [6.45, 7) is 4.98. The molecule has 2 aromatic heterocycles. The molecule has 0 atom stereocenters. The molecule has 5 aromatic rings. The highest BCUT2D eigenvalue weighted by Crippen LogP contribution is 2.30. The number of fused-ring (bicyclic) bond motifs is 1. The lowest BCUT2D eigenvalue weighted by Gasteiger charge is -2.11. The summed E-state index contributed by atoms with van der Waals surface area (Å²) < 4.78 is 28.1. The third-order valence-corrected chi connectivity index (χ3v) is 6.74. The highest BCUT2D eigenvalue weighted by atomic mass is 32.2. The molecule has 0 spiro atoms. The van der Waals surface area contributed by atoms with Crippen LogP contribution in [0, 0.1) is 17.7 Å². The van der Waals surface area contributed by atoms with Crippen LogP contribution >= 0.6 is 0 Å². The van der Waals surface area contributed by atoms with E-state index in [4.69, 9.17) is 20.9 Å². The quantitative estimate of drug-likeness (QED) is 0.301. The lowest BCUT2D eigenvalue weighted by atomic mass is 10.1. The maximum atomic E-state index is 12.1. The third kappa shape index (κ3) is 4.72. The fourth-order valence-electron chi connectivity index (χ4n) is 4.16. The van der Waals surface area contributed by atoms with Crippen molar-refractivity contribution >= 4 is 34.0 Å². The first-order valence-electron chi connectivity index (χ1n) is 10.9. The number of sulfonamides is 1. The van der Waals surface area contributed by atoms with Crippen molar-refractivity contribution in [3.63, 3.8) is 0 Å². The Hall–Kier alpha value is -4.41. The molecule has 3 aromatic carbocycles. The number of nitrogens with zero attached hydrogens (tertiary/aromatic N) is 4. The summed E-state index contributed by atoms with van der Waals surface area (Å²) in [4.78, 5) is 4.81. The minimum absolute atomic E-state index is 0.0848. The number of imidazole rings is 1. The molecule has 0 saturated heterocycles. The van der Waals surface area contributed by atoms with Gasteiger partial charge in [0.1, 0.15) is 5.82 Å².